The SMILES string of the molecule is CC(C)C[C@@H]1CN(C(=O)C(N)Cc2ccc(Cl)c(Cl)c2)[C@@H](CCCCNCCN)CN1C(=O)C(N)Cc1ccc(Cl)c(Cl)c1. The zero-order valence-electron chi connectivity index (χ0n) is 25.6. The van der Waals surface area contributed by atoms with Crippen LogP contribution in [0.4, 0.5) is 0 Å². The minimum absolute atomic E-state index is 0.136. The van der Waals surface area contributed by atoms with Crippen molar-refractivity contribution < 1.29 is 9.59 Å². The summed E-state index contributed by atoms with van der Waals surface area (Å²) in [6.07, 6.45) is 3.92. The Balaban J connectivity index is 1.81. The molecule has 1 fully saturated rings. The van der Waals surface area contributed by atoms with Crippen molar-refractivity contribution in [1.29, 1.82) is 0 Å². The number of amides is 2. The summed E-state index contributed by atoms with van der Waals surface area (Å²) in [4.78, 5) is 31.7. The van der Waals surface area contributed by atoms with Gasteiger partial charge in [-0.1, -0.05) is 78.8 Å². The van der Waals surface area contributed by atoms with Gasteiger partial charge in [0, 0.05) is 38.3 Å². The molecular formula is C32H46Cl4N6O2. The largest absolute Gasteiger partial charge is 0.335 e. The lowest BCUT2D eigenvalue weighted by Gasteiger charge is -2.48. The molecule has 7 N–H and O–H groups in total. The number of halogens is 4. The molecule has 0 bridgehead atoms. The lowest BCUT2D eigenvalue weighted by molar-refractivity contribution is -0.149. The molecule has 0 saturated carbocycles. The van der Waals surface area contributed by atoms with E-state index < -0.39 is 12.1 Å². The predicted molar refractivity (Wildman–Crippen MR) is 183 cm³/mol. The number of nitrogens with one attached hydrogen (secondary N) is 1. The second kappa shape index (κ2) is 17.9. The maximum atomic E-state index is 13.9. The molecule has 1 aliphatic heterocycles. The maximum absolute atomic E-state index is 13.9. The third kappa shape index (κ3) is 10.7. The molecule has 1 heterocycles. The van der Waals surface area contributed by atoms with Gasteiger partial charge in [0.05, 0.1) is 32.2 Å². The second-order valence-electron chi connectivity index (χ2n) is 12.1. The number of piperazine rings is 1. The molecule has 0 aromatic heterocycles. The molecule has 0 aliphatic carbocycles. The van der Waals surface area contributed by atoms with Crippen LogP contribution < -0.4 is 22.5 Å². The van der Waals surface area contributed by atoms with E-state index in [0.717, 1.165) is 49.9 Å². The first-order chi connectivity index (χ1) is 20.9. The van der Waals surface area contributed by atoms with Crippen LogP contribution in [0, 0.1) is 5.92 Å². The van der Waals surface area contributed by atoms with E-state index in [1.807, 2.05) is 21.9 Å². The van der Waals surface area contributed by atoms with Crippen molar-refractivity contribution in [2.75, 3.05) is 32.7 Å². The summed E-state index contributed by atoms with van der Waals surface area (Å²) >= 11 is 24.6. The van der Waals surface area contributed by atoms with Crippen molar-refractivity contribution in [2.45, 2.75) is 76.5 Å². The highest BCUT2D eigenvalue weighted by molar-refractivity contribution is 6.42. The van der Waals surface area contributed by atoms with Crippen molar-refractivity contribution in [3.05, 3.63) is 67.6 Å². The minimum Gasteiger partial charge on any atom is -0.335 e. The molecule has 4 atom stereocenters. The molecule has 2 unspecified atom stereocenters. The van der Waals surface area contributed by atoms with Crippen molar-refractivity contribution in [1.82, 2.24) is 15.1 Å². The summed E-state index contributed by atoms with van der Waals surface area (Å²) in [6.45, 7) is 7.19. The average Bonchev–Trinajstić information content (AvgIpc) is 2.98. The number of carbonyl (C=O) groups excluding carboxylic acids is 2. The van der Waals surface area contributed by atoms with Crippen molar-refractivity contribution in [3.8, 4) is 0 Å². The molecule has 0 radical (unpaired) electrons. The van der Waals surface area contributed by atoms with Crippen LogP contribution in [0.15, 0.2) is 36.4 Å². The number of hydrogen-bond acceptors (Lipinski definition) is 6. The monoisotopic (exact) mass is 686 g/mol. The lowest BCUT2D eigenvalue weighted by atomic mass is 9.93. The number of hydrogen-bond donors (Lipinski definition) is 4. The molecule has 44 heavy (non-hydrogen) atoms. The van der Waals surface area contributed by atoms with E-state index in [1.165, 1.54) is 0 Å². The third-order valence-electron chi connectivity index (χ3n) is 7.98. The Kier molecular flexibility index (Phi) is 15.0. The third-order valence-corrected chi connectivity index (χ3v) is 9.46. The van der Waals surface area contributed by atoms with Gasteiger partial charge in [-0.25, -0.2) is 0 Å². The van der Waals surface area contributed by atoms with E-state index in [9.17, 15) is 9.59 Å². The summed E-state index contributed by atoms with van der Waals surface area (Å²) in [5.74, 6) is 0.0282. The van der Waals surface area contributed by atoms with Crippen LogP contribution >= 0.6 is 46.4 Å². The second-order valence-corrected chi connectivity index (χ2v) is 13.7. The van der Waals surface area contributed by atoms with E-state index in [-0.39, 0.29) is 23.9 Å². The Bertz CT molecular complexity index is 1250. The first-order valence-electron chi connectivity index (χ1n) is 15.3. The molecule has 3 rings (SSSR count). The molecule has 0 spiro atoms. The van der Waals surface area contributed by atoms with Crippen molar-refractivity contribution in [3.63, 3.8) is 0 Å². The van der Waals surface area contributed by atoms with Gasteiger partial charge >= 0.3 is 0 Å². The van der Waals surface area contributed by atoms with Crippen LogP contribution in [0.1, 0.15) is 50.7 Å². The topological polar surface area (TPSA) is 131 Å². The Morgan fingerprint density at radius 1 is 0.795 bits per heavy atom. The van der Waals surface area contributed by atoms with Crippen LogP contribution in [0.5, 0.6) is 0 Å². The van der Waals surface area contributed by atoms with Gasteiger partial charge in [-0.05, 0) is 80.0 Å². The first-order valence-corrected chi connectivity index (χ1v) is 16.8. The Morgan fingerprint density at radius 2 is 1.30 bits per heavy atom. The highest BCUT2D eigenvalue weighted by Gasteiger charge is 2.40. The number of carbonyl (C=O) groups is 2. The van der Waals surface area contributed by atoms with Gasteiger partial charge in [0.15, 0.2) is 0 Å². The average molecular weight is 689 g/mol. The fraction of sp³-hybridized carbons (Fsp3) is 0.562. The maximum Gasteiger partial charge on any atom is 0.240 e. The molecule has 2 amide bonds. The summed E-state index contributed by atoms with van der Waals surface area (Å²) in [6, 6.07) is 8.67. The highest BCUT2D eigenvalue weighted by atomic mass is 35.5. The Labute approximate surface area is 281 Å². The summed E-state index contributed by atoms with van der Waals surface area (Å²) in [5, 5.41) is 5.06. The van der Waals surface area contributed by atoms with Crippen molar-refractivity contribution >= 4 is 58.2 Å². The van der Waals surface area contributed by atoms with E-state index in [1.54, 1.807) is 24.3 Å². The molecular weight excluding hydrogens is 642 g/mol. The van der Waals surface area contributed by atoms with E-state index >= 15 is 0 Å². The molecule has 2 aromatic carbocycles. The van der Waals surface area contributed by atoms with Crippen LogP contribution in [-0.4, -0.2) is 78.5 Å². The normalized spacial score (nSPS) is 18.5. The molecule has 8 nitrogen and oxygen atoms in total. The van der Waals surface area contributed by atoms with E-state index in [2.05, 4.69) is 19.2 Å². The zero-order chi connectivity index (χ0) is 32.4. The minimum atomic E-state index is -0.764. The van der Waals surface area contributed by atoms with Crippen molar-refractivity contribution in [2.24, 2.45) is 23.1 Å². The zero-order valence-corrected chi connectivity index (χ0v) is 28.6. The Morgan fingerprint density at radius 3 is 1.77 bits per heavy atom. The number of rotatable bonds is 15. The fourth-order valence-corrected chi connectivity index (χ4v) is 6.42. The highest BCUT2D eigenvalue weighted by Crippen LogP contribution is 2.28. The molecule has 12 heteroatoms. The van der Waals surface area contributed by atoms with Gasteiger partial charge in [-0.3, -0.25) is 9.59 Å². The molecule has 1 aliphatic rings. The predicted octanol–water partition coefficient (Wildman–Crippen LogP) is 4.91. The quantitative estimate of drug-likeness (QED) is 0.197. The fourth-order valence-electron chi connectivity index (χ4n) is 5.78. The van der Waals surface area contributed by atoms with Crippen LogP contribution in [0.25, 0.3) is 0 Å². The Hall–Kier alpha value is -1.62. The standard InChI is InChI=1S/C32H46Cl4N6O2/c1-20(2)13-24-19-41(31(43)29(38)16-21-6-8-25(33)27(35)14-21)23(5-3-4-11-40-12-10-37)18-42(24)32(44)30(39)17-22-7-9-26(34)28(36)15-22/h6-9,14-15,20,23-24,29-30,40H,3-5,10-13,16-19,37-39H2,1-2H3/t23-,24+,29?,30?/m0/s1. The van der Waals surface area contributed by atoms with Gasteiger partial charge in [-0.2, -0.15) is 0 Å². The van der Waals surface area contributed by atoms with E-state index in [0.29, 0.717) is 58.5 Å². The molecule has 1 saturated heterocycles. The van der Waals surface area contributed by atoms with Crippen LogP contribution in [-0.2, 0) is 22.4 Å². The smallest absolute Gasteiger partial charge is 0.240 e. The van der Waals surface area contributed by atoms with Gasteiger partial charge in [0.1, 0.15) is 0 Å². The van der Waals surface area contributed by atoms with Crippen LogP contribution in [0.3, 0.4) is 0 Å². The van der Waals surface area contributed by atoms with Gasteiger partial charge in [0.25, 0.3) is 0 Å². The number of nitrogens with two attached hydrogens (primary N) is 3. The molecule has 244 valence electrons. The van der Waals surface area contributed by atoms with Gasteiger partial charge in [0.2, 0.25) is 11.8 Å². The number of nitrogens with zero attached hydrogens (tertiary/aromatic N) is 2. The number of benzene rings is 2. The molecule has 2 aromatic rings. The first kappa shape index (κ1) is 36.8. The van der Waals surface area contributed by atoms with Crippen LogP contribution in [0.2, 0.25) is 20.1 Å². The summed E-state index contributed by atoms with van der Waals surface area (Å²) < 4.78 is 0. The van der Waals surface area contributed by atoms with E-state index in [4.69, 9.17) is 63.6 Å². The van der Waals surface area contributed by atoms with Gasteiger partial charge < -0.3 is 32.3 Å². The van der Waals surface area contributed by atoms with Gasteiger partial charge in [-0.15, -0.1) is 0 Å². The summed E-state index contributed by atoms with van der Waals surface area (Å²) in [5.41, 5.74) is 20.3. The lowest BCUT2D eigenvalue weighted by Crippen LogP contribution is -2.65. The summed E-state index contributed by atoms with van der Waals surface area (Å²) in [7, 11) is 0. The number of unbranched alkanes of at least 4 members (excludes halogenated alkanes) is 1.